The third-order valence-electron chi connectivity index (χ3n) is 5.10. The number of hydrogen-bond donors (Lipinski definition) is 1. The lowest BCUT2D eigenvalue weighted by Gasteiger charge is -2.21. The number of hydrogen-bond acceptors (Lipinski definition) is 5. The van der Waals surface area contributed by atoms with E-state index < -0.39 is 35.0 Å². The van der Waals surface area contributed by atoms with Gasteiger partial charge in [-0.3, -0.25) is 4.79 Å². The van der Waals surface area contributed by atoms with Crippen LogP contribution in [-0.2, 0) is 10.7 Å². The van der Waals surface area contributed by atoms with Gasteiger partial charge < -0.3 is 5.32 Å². The van der Waals surface area contributed by atoms with E-state index in [1.54, 1.807) is 26.1 Å². The van der Waals surface area contributed by atoms with Crippen molar-refractivity contribution < 1.29 is 18.0 Å². The maximum atomic E-state index is 15.1. The Kier molecular flexibility index (Phi) is 5.25. The van der Waals surface area contributed by atoms with Crippen molar-refractivity contribution in [1.29, 1.82) is 0 Å². The molecule has 3 aromatic rings. The van der Waals surface area contributed by atoms with Gasteiger partial charge in [0, 0.05) is 16.9 Å². The Bertz CT molecular complexity index is 1150. The van der Waals surface area contributed by atoms with Gasteiger partial charge in [-0.15, -0.1) is 0 Å². The van der Waals surface area contributed by atoms with Crippen LogP contribution in [0.1, 0.15) is 42.8 Å². The molecule has 1 aromatic carbocycles. The summed E-state index contributed by atoms with van der Waals surface area (Å²) in [6.45, 7) is 3.35. The molecule has 9 heteroatoms. The zero-order valence-corrected chi connectivity index (χ0v) is 17.8. The first-order chi connectivity index (χ1) is 14.2. The quantitative estimate of drug-likeness (QED) is 0.475. The monoisotopic (exact) mass is 478 g/mol. The molecule has 0 amide bonds. The summed E-state index contributed by atoms with van der Waals surface area (Å²) in [4.78, 5) is 24.8. The van der Waals surface area contributed by atoms with E-state index in [0.717, 1.165) is 6.07 Å². The molecule has 5 nitrogen and oxygen atoms in total. The maximum absolute atomic E-state index is 15.1. The summed E-state index contributed by atoms with van der Waals surface area (Å²) in [5.74, 6) is -5.92. The van der Waals surface area contributed by atoms with Crippen molar-refractivity contribution in [3.63, 3.8) is 0 Å². The Morgan fingerprint density at radius 1 is 1.30 bits per heavy atom. The van der Waals surface area contributed by atoms with Crippen molar-refractivity contribution in [2.45, 2.75) is 38.7 Å². The summed E-state index contributed by atoms with van der Waals surface area (Å²) in [6, 6.07) is 4.75. The third-order valence-corrected chi connectivity index (χ3v) is 5.54. The van der Waals surface area contributed by atoms with Gasteiger partial charge in [0.15, 0.2) is 0 Å². The molecule has 0 unspecified atom stereocenters. The highest BCUT2D eigenvalue weighted by atomic mass is 79.9. The van der Waals surface area contributed by atoms with E-state index in [2.05, 4.69) is 36.2 Å². The number of aryl methyl sites for hydroxylation is 1. The van der Waals surface area contributed by atoms with Gasteiger partial charge in [-0.05, 0) is 54.8 Å². The number of alkyl halides is 2. The molecule has 1 saturated carbocycles. The highest BCUT2D eigenvalue weighted by molar-refractivity contribution is 9.10. The molecule has 1 aliphatic rings. The van der Waals surface area contributed by atoms with Crippen molar-refractivity contribution in [3.8, 4) is 0 Å². The summed E-state index contributed by atoms with van der Waals surface area (Å²) in [5.41, 5.74) is -0.272. The molecule has 30 heavy (non-hydrogen) atoms. The van der Waals surface area contributed by atoms with Gasteiger partial charge in [0.25, 0.3) is 0 Å². The number of fused-ring (bicyclic) bond motifs is 1. The molecule has 1 atom stereocenters. The number of aromatic nitrogens is 3. The van der Waals surface area contributed by atoms with Crippen LogP contribution in [0.25, 0.3) is 10.9 Å². The van der Waals surface area contributed by atoms with Gasteiger partial charge in [-0.1, -0.05) is 12.1 Å². The van der Waals surface area contributed by atoms with Crippen LogP contribution in [-0.4, -0.2) is 20.7 Å². The lowest BCUT2D eigenvalue weighted by Crippen LogP contribution is -2.29. The minimum absolute atomic E-state index is 0.0216. The third kappa shape index (κ3) is 3.78. The van der Waals surface area contributed by atoms with E-state index in [1.165, 1.54) is 12.1 Å². The number of halogens is 4. The number of rotatable bonds is 6. The molecule has 0 spiro atoms. The number of ketones is 1. The van der Waals surface area contributed by atoms with Crippen LogP contribution in [0.2, 0.25) is 0 Å². The second-order valence-electron chi connectivity index (χ2n) is 7.43. The van der Waals surface area contributed by atoms with E-state index >= 15 is 4.39 Å². The first-order valence-corrected chi connectivity index (χ1v) is 10.2. The number of pyridine rings is 1. The number of anilines is 1. The number of carbonyl (C=O) groups excluding carboxylic acids is 1. The summed E-state index contributed by atoms with van der Waals surface area (Å²) >= 11 is 3.30. The number of nitrogens with zero attached hydrogens (tertiary/aromatic N) is 3. The van der Waals surface area contributed by atoms with Gasteiger partial charge in [0.1, 0.15) is 22.1 Å². The molecule has 2 heterocycles. The van der Waals surface area contributed by atoms with Gasteiger partial charge in [-0.25, -0.2) is 19.3 Å². The second-order valence-corrected chi connectivity index (χ2v) is 8.24. The van der Waals surface area contributed by atoms with E-state index in [1.807, 2.05) is 0 Å². The molecular formula is C21H18BrF3N4O. The molecule has 0 aliphatic heterocycles. The Balaban J connectivity index is 1.70. The molecule has 1 N–H and O–H groups in total. The lowest BCUT2D eigenvalue weighted by molar-refractivity contribution is -0.146. The summed E-state index contributed by atoms with van der Waals surface area (Å²) < 4.78 is 44.9. The fourth-order valence-corrected chi connectivity index (χ4v) is 3.71. The largest absolute Gasteiger partial charge is 0.363 e. The van der Waals surface area contributed by atoms with E-state index in [4.69, 9.17) is 0 Å². The van der Waals surface area contributed by atoms with Crippen LogP contribution in [0.5, 0.6) is 0 Å². The smallest absolute Gasteiger partial charge is 0.333 e. The molecule has 0 bridgehead atoms. The van der Waals surface area contributed by atoms with Crippen molar-refractivity contribution in [2.24, 2.45) is 5.92 Å². The summed E-state index contributed by atoms with van der Waals surface area (Å²) in [5, 5.41) is 3.74. The molecule has 2 aromatic heterocycles. The molecule has 1 fully saturated rings. The van der Waals surface area contributed by atoms with Gasteiger partial charge in [0.2, 0.25) is 5.78 Å². The minimum atomic E-state index is -3.85. The Labute approximate surface area is 179 Å². The number of benzene rings is 1. The predicted molar refractivity (Wildman–Crippen MR) is 110 cm³/mol. The normalized spacial score (nSPS) is 15.3. The summed E-state index contributed by atoms with van der Waals surface area (Å²) in [6.07, 6.45) is 2.44. The summed E-state index contributed by atoms with van der Waals surface area (Å²) in [7, 11) is 0. The van der Waals surface area contributed by atoms with Gasteiger partial charge >= 0.3 is 5.92 Å². The molecule has 0 radical (unpaired) electrons. The van der Waals surface area contributed by atoms with Crippen LogP contribution in [0.15, 0.2) is 35.1 Å². The number of nitrogens with one attached hydrogen (secondary N) is 1. The van der Waals surface area contributed by atoms with E-state index in [-0.39, 0.29) is 5.56 Å². The fourth-order valence-electron chi connectivity index (χ4n) is 3.38. The highest BCUT2D eigenvalue weighted by Gasteiger charge is 2.50. The molecule has 0 saturated heterocycles. The van der Waals surface area contributed by atoms with Gasteiger partial charge in [-0.2, -0.15) is 8.78 Å². The molecule has 156 valence electrons. The predicted octanol–water partition coefficient (Wildman–Crippen LogP) is 5.48. The topological polar surface area (TPSA) is 67.8 Å². The van der Waals surface area contributed by atoms with Crippen LogP contribution in [0, 0.1) is 18.7 Å². The van der Waals surface area contributed by atoms with Crippen LogP contribution >= 0.6 is 15.9 Å². The second kappa shape index (κ2) is 7.61. The average Bonchev–Trinajstić information content (AvgIpc) is 3.53. The Hall–Kier alpha value is -2.55. The zero-order valence-electron chi connectivity index (χ0n) is 16.2. The van der Waals surface area contributed by atoms with Crippen molar-refractivity contribution in [2.75, 3.05) is 5.32 Å². The van der Waals surface area contributed by atoms with Crippen LogP contribution in [0.3, 0.4) is 0 Å². The Morgan fingerprint density at radius 3 is 2.73 bits per heavy atom. The fraction of sp³-hybridized carbons (Fsp3) is 0.333. The maximum Gasteiger partial charge on any atom is 0.333 e. The first-order valence-electron chi connectivity index (χ1n) is 9.46. The number of carbonyl (C=O) groups is 1. The van der Waals surface area contributed by atoms with Crippen LogP contribution < -0.4 is 5.32 Å². The molecule has 1 aliphatic carbocycles. The molecular weight excluding hydrogens is 461 g/mol. The average molecular weight is 479 g/mol. The van der Waals surface area contributed by atoms with Gasteiger partial charge in [0.05, 0.1) is 23.3 Å². The van der Waals surface area contributed by atoms with E-state index in [9.17, 15) is 13.6 Å². The first kappa shape index (κ1) is 20.7. The SMILES string of the molecule is Cc1nc(N[C@H](C)c2cccc(C(F)(F)C(=O)C3CC3)c2F)c2cc(Br)ncc2n1. The van der Waals surface area contributed by atoms with Crippen LogP contribution in [0.4, 0.5) is 19.0 Å². The zero-order chi connectivity index (χ0) is 21.6. The highest BCUT2D eigenvalue weighted by Crippen LogP contribution is 2.42. The van der Waals surface area contributed by atoms with Crippen molar-refractivity contribution in [1.82, 2.24) is 15.0 Å². The van der Waals surface area contributed by atoms with Crippen molar-refractivity contribution in [3.05, 3.63) is 57.8 Å². The van der Waals surface area contributed by atoms with Crippen molar-refractivity contribution >= 4 is 38.4 Å². The number of Topliss-reactive ketones (excluding diaryl/α,β-unsaturated/α-hetero) is 1. The Morgan fingerprint density at radius 2 is 2.03 bits per heavy atom. The standard InChI is InChI=1S/C21H18BrF3N4O/c1-10(27-20-14-8-17(22)26-9-16(14)28-11(2)29-20)13-4-3-5-15(18(13)23)21(24,25)19(30)12-6-7-12/h3-5,8-10,12H,6-7H2,1-2H3,(H,27,28,29)/t10-/m1/s1. The molecule has 4 rings (SSSR count). The lowest BCUT2D eigenvalue weighted by atomic mass is 9.96. The van der Waals surface area contributed by atoms with E-state index in [0.29, 0.717) is 40.0 Å². The minimum Gasteiger partial charge on any atom is -0.363 e.